The van der Waals surface area contributed by atoms with E-state index in [1.54, 1.807) is 42.5 Å². The van der Waals surface area contributed by atoms with Crippen molar-refractivity contribution in [1.29, 1.82) is 0 Å². The Morgan fingerprint density at radius 1 is 1.13 bits per heavy atom. The first-order valence-electron chi connectivity index (χ1n) is 6.96. The van der Waals surface area contributed by atoms with E-state index in [-0.39, 0.29) is 6.54 Å². The first-order chi connectivity index (χ1) is 10.8. The van der Waals surface area contributed by atoms with Crippen molar-refractivity contribution in [3.63, 3.8) is 0 Å². The van der Waals surface area contributed by atoms with Crippen LogP contribution in [0.2, 0.25) is 10.0 Å². The van der Waals surface area contributed by atoms with Gasteiger partial charge in [0.2, 0.25) is 10.0 Å². The average molecular weight is 374 g/mol. The molecule has 0 atom stereocenters. The van der Waals surface area contributed by atoms with Crippen molar-refractivity contribution in [3.05, 3.63) is 58.1 Å². The van der Waals surface area contributed by atoms with Crippen LogP contribution in [0.25, 0.3) is 0 Å². The third-order valence-corrected chi connectivity index (χ3v) is 4.88. The van der Waals surface area contributed by atoms with Gasteiger partial charge in [-0.15, -0.1) is 0 Å². The minimum absolute atomic E-state index is 0.0962. The quantitative estimate of drug-likeness (QED) is 0.755. The molecule has 0 heterocycles. The van der Waals surface area contributed by atoms with E-state index in [4.69, 9.17) is 27.9 Å². The molecule has 0 aromatic heterocycles. The lowest BCUT2D eigenvalue weighted by Gasteiger charge is -2.25. The summed E-state index contributed by atoms with van der Waals surface area (Å²) in [7, 11) is -3.52. The van der Waals surface area contributed by atoms with Crippen molar-refractivity contribution in [3.8, 4) is 5.75 Å². The number of rotatable bonds is 6. The number of sulfonamides is 1. The van der Waals surface area contributed by atoms with Gasteiger partial charge in [0.05, 0.1) is 25.1 Å². The molecule has 0 N–H and O–H groups in total. The SMILES string of the molecule is CCOc1ccccc1N(Cc1ccc(Cl)cc1Cl)S(C)(=O)=O. The Hall–Kier alpha value is -1.43. The molecule has 0 saturated heterocycles. The van der Waals surface area contributed by atoms with Gasteiger partial charge >= 0.3 is 0 Å². The molecule has 7 heteroatoms. The molecule has 0 radical (unpaired) electrons. The minimum atomic E-state index is -3.52. The molecule has 0 aliphatic rings. The van der Waals surface area contributed by atoms with Gasteiger partial charge in [-0.1, -0.05) is 41.4 Å². The van der Waals surface area contributed by atoms with Crippen molar-refractivity contribution in [1.82, 2.24) is 0 Å². The van der Waals surface area contributed by atoms with Crippen LogP contribution in [-0.2, 0) is 16.6 Å². The van der Waals surface area contributed by atoms with Gasteiger partial charge in [0.15, 0.2) is 0 Å². The third kappa shape index (κ3) is 4.53. The van der Waals surface area contributed by atoms with Crippen LogP contribution in [0, 0.1) is 0 Å². The first kappa shape index (κ1) is 17.9. The fourth-order valence-electron chi connectivity index (χ4n) is 2.13. The summed E-state index contributed by atoms with van der Waals surface area (Å²) in [4.78, 5) is 0. The van der Waals surface area contributed by atoms with Crippen molar-refractivity contribution in [2.24, 2.45) is 0 Å². The fourth-order valence-corrected chi connectivity index (χ4v) is 3.48. The van der Waals surface area contributed by atoms with E-state index >= 15 is 0 Å². The van der Waals surface area contributed by atoms with Crippen molar-refractivity contribution in [2.75, 3.05) is 17.2 Å². The highest BCUT2D eigenvalue weighted by atomic mass is 35.5. The summed E-state index contributed by atoms with van der Waals surface area (Å²) >= 11 is 12.1. The lowest BCUT2D eigenvalue weighted by molar-refractivity contribution is 0.341. The lowest BCUT2D eigenvalue weighted by Crippen LogP contribution is -2.29. The van der Waals surface area contributed by atoms with Crippen LogP contribution in [0.5, 0.6) is 5.75 Å². The minimum Gasteiger partial charge on any atom is -0.492 e. The standard InChI is InChI=1S/C16H17Cl2NO3S/c1-3-22-16-7-5-4-6-15(16)19(23(2,20)21)11-12-8-9-13(17)10-14(12)18/h4-10H,3,11H2,1-2H3. The Kier molecular flexibility index (Phi) is 5.79. The van der Waals surface area contributed by atoms with E-state index in [1.807, 2.05) is 6.92 Å². The predicted molar refractivity (Wildman–Crippen MR) is 95.1 cm³/mol. The van der Waals surface area contributed by atoms with Crippen molar-refractivity contribution in [2.45, 2.75) is 13.5 Å². The summed E-state index contributed by atoms with van der Waals surface area (Å²) < 4.78 is 31.4. The van der Waals surface area contributed by atoms with Crippen LogP contribution in [0.3, 0.4) is 0 Å². The number of benzene rings is 2. The second kappa shape index (κ2) is 7.43. The molecule has 0 amide bonds. The highest BCUT2D eigenvalue weighted by Gasteiger charge is 2.22. The van der Waals surface area contributed by atoms with E-state index in [9.17, 15) is 8.42 Å². The summed E-state index contributed by atoms with van der Waals surface area (Å²) in [6.45, 7) is 2.38. The second-order valence-corrected chi connectivity index (χ2v) is 7.66. The molecule has 0 aliphatic heterocycles. The molecule has 0 aliphatic carbocycles. The molecular weight excluding hydrogens is 357 g/mol. The van der Waals surface area contributed by atoms with Gasteiger partial charge in [0, 0.05) is 10.0 Å². The topological polar surface area (TPSA) is 46.6 Å². The van der Waals surface area contributed by atoms with E-state index in [0.29, 0.717) is 33.7 Å². The number of hydrogen-bond acceptors (Lipinski definition) is 3. The van der Waals surface area contributed by atoms with Gasteiger partial charge in [0.25, 0.3) is 0 Å². The summed E-state index contributed by atoms with van der Waals surface area (Å²) in [6.07, 6.45) is 1.15. The molecule has 2 aromatic carbocycles. The maximum Gasteiger partial charge on any atom is 0.232 e. The van der Waals surface area contributed by atoms with Crippen LogP contribution in [-0.4, -0.2) is 21.3 Å². The van der Waals surface area contributed by atoms with Crippen LogP contribution < -0.4 is 9.04 Å². The first-order valence-corrected chi connectivity index (χ1v) is 9.57. The summed E-state index contributed by atoms with van der Waals surface area (Å²) in [5, 5.41) is 0.916. The maximum absolute atomic E-state index is 12.3. The Bertz CT molecular complexity index is 794. The zero-order chi connectivity index (χ0) is 17.0. The van der Waals surface area contributed by atoms with E-state index < -0.39 is 10.0 Å². The fraction of sp³-hybridized carbons (Fsp3) is 0.250. The number of hydrogen-bond donors (Lipinski definition) is 0. The third-order valence-electron chi connectivity index (χ3n) is 3.16. The number of ether oxygens (including phenoxy) is 1. The lowest BCUT2D eigenvalue weighted by atomic mass is 10.2. The Labute approximate surface area is 146 Å². The zero-order valence-electron chi connectivity index (χ0n) is 12.8. The summed E-state index contributed by atoms with van der Waals surface area (Å²) in [6, 6.07) is 12.0. The predicted octanol–water partition coefficient (Wildman–Crippen LogP) is 4.36. The number of para-hydroxylation sites is 2. The number of anilines is 1. The van der Waals surface area contributed by atoms with Gasteiger partial charge in [-0.25, -0.2) is 8.42 Å². The van der Waals surface area contributed by atoms with Crippen LogP contribution >= 0.6 is 23.2 Å². The largest absolute Gasteiger partial charge is 0.492 e. The summed E-state index contributed by atoms with van der Waals surface area (Å²) in [5.74, 6) is 0.505. The van der Waals surface area contributed by atoms with Crippen molar-refractivity contribution >= 4 is 38.9 Å². The second-order valence-electron chi connectivity index (χ2n) is 4.91. The molecule has 124 valence electrons. The normalized spacial score (nSPS) is 11.3. The molecule has 2 rings (SSSR count). The monoisotopic (exact) mass is 373 g/mol. The highest BCUT2D eigenvalue weighted by Crippen LogP contribution is 2.32. The Balaban J connectivity index is 2.47. The van der Waals surface area contributed by atoms with Crippen LogP contribution in [0.15, 0.2) is 42.5 Å². The molecular formula is C16H17Cl2NO3S. The number of nitrogens with zero attached hydrogens (tertiary/aromatic N) is 1. The molecule has 0 fully saturated rings. The van der Waals surface area contributed by atoms with Gasteiger partial charge in [-0.3, -0.25) is 4.31 Å². The van der Waals surface area contributed by atoms with Gasteiger partial charge in [0.1, 0.15) is 5.75 Å². The average Bonchev–Trinajstić information content (AvgIpc) is 2.46. The smallest absolute Gasteiger partial charge is 0.232 e. The van der Waals surface area contributed by atoms with Crippen LogP contribution in [0.1, 0.15) is 12.5 Å². The Morgan fingerprint density at radius 3 is 2.43 bits per heavy atom. The summed E-state index contributed by atoms with van der Waals surface area (Å²) in [5.41, 5.74) is 1.13. The van der Waals surface area contributed by atoms with Gasteiger partial charge in [-0.2, -0.15) is 0 Å². The van der Waals surface area contributed by atoms with E-state index in [2.05, 4.69) is 0 Å². The molecule has 0 unspecified atom stereocenters. The molecule has 0 spiro atoms. The molecule has 23 heavy (non-hydrogen) atoms. The maximum atomic E-state index is 12.3. The molecule has 4 nitrogen and oxygen atoms in total. The van der Waals surface area contributed by atoms with Crippen molar-refractivity contribution < 1.29 is 13.2 Å². The van der Waals surface area contributed by atoms with E-state index in [0.717, 1.165) is 6.26 Å². The number of halogens is 2. The van der Waals surface area contributed by atoms with Gasteiger partial charge < -0.3 is 4.74 Å². The molecule has 0 bridgehead atoms. The highest BCUT2D eigenvalue weighted by molar-refractivity contribution is 7.92. The van der Waals surface area contributed by atoms with E-state index in [1.165, 1.54) is 4.31 Å². The van der Waals surface area contributed by atoms with Crippen LogP contribution in [0.4, 0.5) is 5.69 Å². The van der Waals surface area contributed by atoms with Gasteiger partial charge in [-0.05, 0) is 36.8 Å². The molecule has 0 saturated carbocycles. The molecule has 2 aromatic rings. The zero-order valence-corrected chi connectivity index (χ0v) is 15.1. The Morgan fingerprint density at radius 2 is 1.83 bits per heavy atom.